The number of thioether (sulfide) groups is 1. The predicted molar refractivity (Wildman–Crippen MR) is 94.6 cm³/mol. The van der Waals surface area contributed by atoms with Gasteiger partial charge in [-0.25, -0.2) is 4.98 Å². The van der Waals surface area contributed by atoms with Gasteiger partial charge in [0.1, 0.15) is 10.8 Å². The summed E-state index contributed by atoms with van der Waals surface area (Å²) in [6.07, 6.45) is 1.98. The van der Waals surface area contributed by atoms with Crippen LogP contribution < -0.4 is 4.74 Å². The SMILES string of the molecule is CN(CCCOc1cccc(Cl)c1)C(=O)c1cccnc1SC(F)F. The van der Waals surface area contributed by atoms with E-state index in [1.54, 1.807) is 37.4 Å². The fourth-order valence-electron chi connectivity index (χ4n) is 2.09. The number of carbonyl (C=O) groups excluding carboxylic acids is 1. The second kappa shape index (κ2) is 9.58. The highest BCUT2D eigenvalue weighted by Crippen LogP contribution is 2.27. The maximum Gasteiger partial charge on any atom is 0.290 e. The molecule has 1 heterocycles. The van der Waals surface area contributed by atoms with Gasteiger partial charge in [-0.1, -0.05) is 17.7 Å². The summed E-state index contributed by atoms with van der Waals surface area (Å²) in [5.41, 5.74) is 0.172. The molecule has 0 bridgehead atoms. The molecule has 2 rings (SSSR count). The molecular weight excluding hydrogens is 370 g/mol. The Labute approximate surface area is 154 Å². The minimum atomic E-state index is -2.63. The summed E-state index contributed by atoms with van der Waals surface area (Å²) in [6, 6.07) is 10.1. The monoisotopic (exact) mass is 386 g/mol. The summed E-state index contributed by atoms with van der Waals surface area (Å²) in [5.74, 6) is -2.32. The molecule has 1 aromatic heterocycles. The van der Waals surface area contributed by atoms with E-state index in [-0.39, 0.29) is 28.3 Å². The smallest absolute Gasteiger partial charge is 0.290 e. The van der Waals surface area contributed by atoms with Crippen LogP contribution in [0.5, 0.6) is 5.75 Å². The van der Waals surface area contributed by atoms with E-state index >= 15 is 0 Å². The van der Waals surface area contributed by atoms with Crippen LogP contribution in [0.3, 0.4) is 0 Å². The van der Waals surface area contributed by atoms with Crippen molar-refractivity contribution in [3.63, 3.8) is 0 Å². The Hall–Kier alpha value is -1.86. The lowest BCUT2D eigenvalue weighted by Crippen LogP contribution is -2.29. The van der Waals surface area contributed by atoms with E-state index in [9.17, 15) is 13.6 Å². The lowest BCUT2D eigenvalue weighted by molar-refractivity contribution is 0.0783. The summed E-state index contributed by atoms with van der Waals surface area (Å²) < 4.78 is 30.7. The predicted octanol–water partition coefficient (Wildman–Crippen LogP) is 4.59. The average molecular weight is 387 g/mol. The molecule has 0 saturated carbocycles. The highest BCUT2D eigenvalue weighted by atomic mass is 35.5. The van der Waals surface area contributed by atoms with E-state index in [1.807, 2.05) is 0 Å². The highest BCUT2D eigenvalue weighted by Gasteiger charge is 2.19. The van der Waals surface area contributed by atoms with E-state index < -0.39 is 5.76 Å². The first-order valence-electron chi connectivity index (χ1n) is 7.51. The van der Waals surface area contributed by atoms with Crippen LogP contribution in [0.1, 0.15) is 16.8 Å². The van der Waals surface area contributed by atoms with Gasteiger partial charge in [0.25, 0.3) is 11.7 Å². The van der Waals surface area contributed by atoms with Gasteiger partial charge < -0.3 is 9.64 Å². The standard InChI is InChI=1S/C17H17ClF2N2O2S/c1-22(9-4-10-24-13-6-2-5-12(18)11-13)16(23)14-7-3-8-21-15(14)25-17(19)20/h2-3,5-8,11,17H,4,9-10H2,1H3. The molecule has 134 valence electrons. The van der Waals surface area contributed by atoms with Crippen molar-refractivity contribution < 1.29 is 18.3 Å². The Morgan fingerprint density at radius 3 is 2.88 bits per heavy atom. The lowest BCUT2D eigenvalue weighted by Gasteiger charge is -2.18. The minimum absolute atomic E-state index is 0.0320. The van der Waals surface area contributed by atoms with Crippen molar-refractivity contribution in [2.45, 2.75) is 17.2 Å². The summed E-state index contributed by atoms with van der Waals surface area (Å²) >= 11 is 6.14. The fourth-order valence-corrected chi connectivity index (χ4v) is 2.84. The van der Waals surface area contributed by atoms with Crippen molar-refractivity contribution >= 4 is 29.3 Å². The first-order chi connectivity index (χ1) is 12.0. The molecule has 0 unspecified atom stereocenters. The summed E-state index contributed by atoms with van der Waals surface area (Å²) in [4.78, 5) is 17.8. The topological polar surface area (TPSA) is 42.4 Å². The van der Waals surface area contributed by atoms with E-state index in [4.69, 9.17) is 16.3 Å². The van der Waals surface area contributed by atoms with Crippen LogP contribution in [0.25, 0.3) is 0 Å². The van der Waals surface area contributed by atoms with E-state index in [2.05, 4.69) is 4.98 Å². The maximum atomic E-state index is 12.6. The van der Waals surface area contributed by atoms with Crippen molar-refractivity contribution in [1.29, 1.82) is 0 Å². The molecule has 0 atom stereocenters. The Morgan fingerprint density at radius 2 is 2.16 bits per heavy atom. The Morgan fingerprint density at radius 1 is 1.36 bits per heavy atom. The van der Waals surface area contributed by atoms with Gasteiger partial charge in [-0.2, -0.15) is 8.78 Å². The third-order valence-corrected chi connectivity index (χ3v) is 4.21. The number of nitrogens with zero attached hydrogens (tertiary/aromatic N) is 2. The molecule has 0 N–H and O–H groups in total. The number of rotatable bonds is 8. The van der Waals surface area contributed by atoms with Gasteiger partial charge in [-0.3, -0.25) is 4.79 Å². The zero-order chi connectivity index (χ0) is 18.2. The summed E-state index contributed by atoms with van der Waals surface area (Å²) in [7, 11) is 1.62. The van der Waals surface area contributed by atoms with Crippen LogP contribution in [0.2, 0.25) is 5.02 Å². The molecule has 25 heavy (non-hydrogen) atoms. The number of pyridine rings is 1. The molecule has 0 radical (unpaired) electrons. The third-order valence-electron chi connectivity index (χ3n) is 3.25. The van der Waals surface area contributed by atoms with Crippen LogP contribution in [-0.4, -0.2) is 41.7 Å². The van der Waals surface area contributed by atoms with E-state index in [0.29, 0.717) is 30.3 Å². The van der Waals surface area contributed by atoms with Crippen LogP contribution in [0.15, 0.2) is 47.6 Å². The second-order valence-corrected chi connectivity index (χ2v) is 6.54. The van der Waals surface area contributed by atoms with Crippen molar-refractivity contribution in [3.8, 4) is 5.75 Å². The molecule has 0 aliphatic rings. The van der Waals surface area contributed by atoms with Gasteiger partial charge in [0.2, 0.25) is 0 Å². The van der Waals surface area contributed by atoms with E-state index in [1.165, 1.54) is 17.2 Å². The Balaban J connectivity index is 1.86. The highest BCUT2D eigenvalue weighted by molar-refractivity contribution is 7.99. The zero-order valence-corrected chi connectivity index (χ0v) is 15.1. The van der Waals surface area contributed by atoms with Gasteiger partial charge in [0, 0.05) is 24.8 Å². The molecule has 0 aliphatic heterocycles. The van der Waals surface area contributed by atoms with Crippen LogP contribution in [-0.2, 0) is 0 Å². The number of ether oxygens (including phenoxy) is 1. The van der Waals surface area contributed by atoms with Gasteiger partial charge in [0.05, 0.1) is 12.2 Å². The van der Waals surface area contributed by atoms with Gasteiger partial charge in [-0.05, 0) is 48.5 Å². The lowest BCUT2D eigenvalue weighted by atomic mass is 10.2. The third kappa shape index (κ3) is 6.17. The molecule has 0 aliphatic carbocycles. The Kier molecular flexibility index (Phi) is 7.46. The molecule has 0 spiro atoms. The van der Waals surface area contributed by atoms with Crippen molar-refractivity contribution in [2.24, 2.45) is 0 Å². The van der Waals surface area contributed by atoms with Crippen LogP contribution in [0, 0.1) is 0 Å². The molecule has 8 heteroatoms. The Bertz CT molecular complexity index is 719. The van der Waals surface area contributed by atoms with Gasteiger partial charge in [-0.15, -0.1) is 0 Å². The second-order valence-electron chi connectivity index (χ2n) is 5.12. The average Bonchev–Trinajstić information content (AvgIpc) is 2.58. The minimum Gasteiger partial charge on any atom is -0.493 e. The summed E-state index contributed by atoms with van der Waals surface area (Å²) in [5, 5.41) is 0.620. The normalized spacial score (nSPS) is 10.8. The first kappa shape index (κ1) is 19.5. The quantitative estimate of drug-likeness (QED) is 0.491. The van der Waals surface area contributed by atoms with Crippen LogP contribution >= 0.6 is 23.4 Å². The number of benzene rings is 1. The van der Waals surface area contributed by atoms with Crippen molar-refractivity contribution in [2.75, 3.05) is 20.2 Å². The van der Waals surface area contributed by atoms with Gasteiger partial charge in [0.15, 0.2) is 0 Å². The van der Waals surface area contributed by atoms with Crippen molar-refractivity contribution in [1.82, 2.24) is 9.88 Å². The van der Waals surface area contributed by atoms with Gasteiger partial charge >= 0.3 is 0 Å². The molecule has 2 aromatic rings. The number of amides is 1. The fraction of sp³-hybridized carbons (Fsp3) is 0.294. The maximum absolute atomic E-state index is 12.6. The van der Waals surface area contributed by atoms with E-state index in [0.717, 1.165) is 0 Å². The zero-order valence-electron chi connectivity index (χ0n) is 13.5. The van der Waals surface area contributed by atoms with Crippen molar-refractivity contribution in [3.05, 3.63) is 53.2 Å². The number of aromatic nitrogens is 1. The number of alkyl halides is 2. The van der Waals surface area contributed by atoms with Crippen LogP contribution in [0.4, 0.5) is 8.78 Å². The summed E-state index contributed by atoms with van der Waals surface area (Å²) in [6.45, 7) is 0.830. The number of halogens is 3. The molecule has 0 saturated heterocycles. The number of carbonyl (C=O) groups is 1. The molecule has 1 amide bonds. The molecular formula is C17H17ClF2N2O2S. The largest absolute Gasteiger partial charge is 0.493 e. The molecule has 1 aromatic carbocycles. The number of hydrogen-bond acceptors (Lipinski definition) is 4. The number of hydrogen-bond donors (Lipinski definition) is 0. The molecule has 4 nitrogen and oxygen atoms in total. The molecule has 0 fully saturated rings. The first-order valence-corrected chi connectivity index (χ1v) is 8.77.